The monoisotopic (exact) mass is 249 g/mol. The van der Waals surface area contributed by atoms with E-state index in [0.29, 0.717) is 6.54 Å². The van der Waals surface area contributed by atoms with Crippen LogP contribution in [0.4, 0.5) is 0 Å². The van der Waals surface area contributed by atoms with Crippen molar-refractivity contribution in [2.45, 2.75) is 6.54 Å². The fourth-order valence-corrected chi connectivity index (χ4v) is 2.21. The topological polar surface area (TPSA) is 85.3 Å². The van der Waals surface area contributed by atoms with Crippen molar-refractivity contribution in [1.82, 2.24) is 24.4 Å². The molecule has 17 heavy (non-hydrogen) atoms. The molecule has 0 amide bonds. The number of hydrogen-bond donors (Lipinski definition) is 1. The van der Waals surface area contributed by atoms with Crippen LogP contribution in [0, 0.1) is 0 Å². The van der Waals surface area contributed by atoms with Gasteiger partial charge in [0.15, 0.2) is 10.7 Å². The van der Waals surface area contributed by atoms with Crippen LogP contribution in [0.25, 0.3) is 4.96 Å². The molecule has 0 aliphatic carbocycles. The van der Waals surface area contributed by atoms with Crippen LogP contribution < -0.4 is 0 Å². The van der Waals surface area contributed by atoms with Gasteiger partial charge in [0.2, 0.25) is 0 Å². The van der Waals surface area contributed by atoms with Crippen molar-refractivity contribution in [3.8, 4) is 0 Å². The molecular weight excluding hydrogens is 242 g/mol. The average molecular weight is 249 g/mol. The minimum absolute atomic E-state index is 0.0639. The summed E-state index contributed by atoms with van der Waals surface area (Å²) in [7, 11) is 0. The van der Waals surface area contributed by atoms with E-state index in [9.17, 15) is 4.79 Å². The lowest BCUT2D eigenvalue weighted by Crippen LogP contribution is -2.00. The molecule has 0 atom stereocenters. The van der Waals surface area contributed by atoms with E-state index in [1.807, 2.05) is 22.2 Å². The number of aromatic carboxylic acids is 1. The molecule has 86 valence electrons. The van der Waals surface area contributed by atoms with Gasteiger partial charge in [0.05, 0.1) is 18.4 Å². The number of carboxylic acids is 1. The number of aromatic nitrogens is 5. The van der Waals surface area contributed by atoms with Crippen LogP contribution in [-0.2, 0) is 6.54 Å². The Kier molecular flexibility index (Phi) is 2.15. The maximum Gasteiger partial charge on any atom is 0.358 e. The average Bonchev–Trinajstić information content (AvgIpc) is 2.91. The molecular formula is C9H7N5O2S. The molecule has 0 spiro atoms. The summed E-state index contributed by atoms with van der Waals surface area (Å²) in [5.41, 5.74) is 0.754. The number of hydrogen-bond acceptors (Lipinski definition) is 5. The van der Waals surface area contributed by atoms with E-state index in [0.717, 1.165) is 10.7 Å². The highest BCUT2D eigenvalue weighted by atomic mass is 32.1. The van der Waals surface area contributed by atoms with Crippen LogP contribution in [0.5, 0.6) is 0 Å². The van der Waals surface area contributed by atoms with E-state index in [-0.39, 0.29) is 5.69 Å². The molecule has 7 nitrogen and oxygen atoms in total. The Hall–Kier alpha value is -2.22. The maximum absolute atomic E-state index is 10.6. The Morgan fingerprint density at radius 3 is 3.06 bits per heavy atom. The summed E-state index contributed by atoms with van der Waals surface area (Å²) >= 11 is 1.54. The van der Waals surface area contributed by atoms with E-state index in [4.69, 9.17) is 5.11 Å². The first-order chi connectivity index (χ1) is 8.22. The number of fused-ring (bicyclic) bond motifs is 1. The normalized spacial score (nSPS) is 11.1. The summed E-state index contributed by atoms with van der Waals surface area (Å²) in [5, 5.41) is 17.9. The number of thiazole rings is 1. The molecule has 3 aromatic rings. The zero-order valence-electron chi connectivity index (χ0n) is 8.52. The Morgan fingerprint density at radius 1 is 1.47 bits per heavy atom. The first kappa shape index (κ1) is 9.97. The minimum Gasteiger partial charge on any atom is -0.476 e. The minimum atomic E-state index is -1.08. The lowest BCUT2D eigenvalue weighted by atomic mass is 10.4. The van der Waals surface area contributed by atoms with Gasteiger partial charge in [-0.3, -0.25) is 4.40 Å². The third kappa shape index (κ3) is 1.78. The van der Waals surface area contributed by atoms with Crippen LogP contribution in [0.3, 0.4) is 0 Å². The third-order valence-electron chi connectivity index (χ3n) is 2.22. The molecule has 0 radical (unpaired) electrons. The lowest BCUT2D eigenvalue weighted by molar-refractivity contribution is 0.0690. The summed E-state index contributed by atoms with van der Waals surface area (Å²) in [6.07, 6.45) is 5.18. The number of nitrogens with zero attached hydrogens (tertiary/aromatic N) is 5. The van der Waals surface area contributed by atoms with Gasteiger partial charge >= 0.3 is 5.97 Å². The summed E-state index contributed by atoms with van der Waals surface area (Å²) < 4.78 is 3.37. The quantitative estimate of drug-likeness (QED) is 0.739. The van der Waals surface area contributed by atoms with Crippen molar-refractivity contribution in [2.24, 2.45) is 0 Å². The van der Waals surface area contributed by atoms with Crippen LogP contribution in [-0.4, -0.2) is 35.5 Å². The molecule has 0 saturated carbocycles. The standard InChI is InChI=1S/C9H7N5O2S/c15-8(16)7-5-14(12-11-7)4-6-3-13-1-2-17-9(13)10-6/h1-3,5H,4H2,(H,15,16). The Balaban J connectivity index is 1.86. The Morgan fingerprint density at radius 2 is 2.35 bits per heavy atom. The van der Waals surface area contributed by atoms with E-state index in [2.05, 4.69) is 15.3 Å². The first-order valence-corrected chi connectivity index (χ1v) is 5.65. The molecule has 0 aliphatic heterocycles. The highest BCUT2D eigenvalue weighted by molar-refractivity contribution is 7.15. The second-order valence-corrected chi connectivity index (χ2v) is 4.30. The predicted octanol–water partition coefficient (Wildman–Crippen LogP) is 0.734. The Bertz CT molecular complexity index is 654. The smallest absolute Gasteiger partial charge is 0.358 e. The number of rotatable bonds is 3. The fourth-order valence-electron chi connectivity index (χ4n) is 1.49. The van der Waals surface area contributed by atoms with Gasteiger partial charge in [0, 0.05) is 17.8 Å². The fraction of sp³-hybridized carbons (Fsp3) is 0.111. The van der Waals surface area contributed by atoms with Gasteiger partial charge < -0.3 is 5.11 Å². The summed E-state index contributed by atoms with van der Waals surface area (Å²) in [6, 6.07) is 0. The zero-order chi connectivity index (χ0) is 11.8. The van der Waals surface area contributed by atoms with Gasteiger partial charge in [0.1, 0.15) is 0 Å². The van der Waals surface area contributed by atoms with Crippen molar-refractivity contribution < 1.29 is 9.90 Å². The number of carboxylic acid groups (broad SMARTS) is 1. The second-order valence-electron chi connectivity index (χ2n) is 3.43. The van der Waals surface area contributed by atoms with Gasteiger partial charge in [-0.25, -0.2) is 14.5 Å². The summed E-state index contributed by atoms with van der Waals surface area (Å²) in [6.45, 7) is 0.411. The summed E-state index contributed by atoms with van der Waals surface area (Å²) in [4.78, 5) is 15.9. The van der Waals surface area contributed by atoms with E-state index >= 15 is 0 Å². The Labute approximate surface area is 98.9 Å². The highest BCUT2D eigenvalue weighted by Crippen LogP contribution is 2.11. The molecule has 3 aromatic heterocycles. The van der Waals surface area contributed by atoms with Crippen LogP contribution in [0.15, 0.2) is 24.0 Å². The SMILES string of the molecule is O=C(O)c1cn(Cc2cn3ccsc3n2)nn1. The van der Waals surface area contributed by atoms with Gasteiger partial charge in [-0.2, -0.15) is 0 Å². The molecule has 0 aromatic carbocycles. The molecule has 0 saturated heterocycles. The maximum atomic E-state index is 10.6. The predicted molar refractivity (Wildman–Crippen MR) is 59.2 cm³/mol. The van der Waals surface area contributed by atoms with Gasteiger partial charge in [-0.1, -0.05) is 5.21 Å². The molecule has 8 heteroatoms. The van der Waals surface area contributed by atoms with Crippen molar-refractivity contribution >= 4 is 22.3 Å². The number of carbonyl (C=O) groups is 1. The van der Waals surface area contributed by atoms with Gasteiger partial charge in [0.25, 0.3) is 0 Å². The van der Waals surface area contributed by atoms with Gasteiger partial charge in [-0.15, -0.1) is 16.4 Å². The molecule has 0 unspecified atom stereocenters. The number of imidazole rings is 1. The third-order valence-corrected chi connectivity index (χ3v) is 3.00. The largest absolute Gasteiger partial charge is 0.476 e. The van der Waals surface area contributed by atoms with Crippen molar-refractivity contribution in [3.05, 3.63) is 35.4 Å². The summed E-state index contributed by atoms with van der Waals surface area (Å²) in [5.74, 6) is -1.08. The zero-order valence-corrected chi connectivity index (χ0v) is 9.33. The van der Waals surface area contributed by atoms with Gasteiger partial charge in [-0.05, 0) is 0 Å². The lowest BCUT2D eigenvalue weighted by Gasteiger charge is -1.93. The molecule has 0 aliphatic rings. The molecule has 1 N–H and O–H groups in total. The second kappa shape index (κ2) is 3.67. The molecule has 0 fully saturated rings. The highest BCUT2D eigenvalue weighted by Gasteiger charge is 2.09. The van der Waals surface area contributed by atoms with Crippen molar-refractivity contribution in [1.29, 1.82) is 0 Å². The van der Waals surface area contributed by atoms with E-state index in [1.165, 1.54) is 10.9 Å². The van der Waals surface area contributed by atoms with E-state index < -0.39 is 5.97 Å². The first-order valence-electron chi connectivity index (χ1n) is 4.77. The molecule has 3 heterocycles. The van der Waals surface area contributed by atoms with E-state index in [1.54, 1.807) is 11.3 Å². The van der Waals surface area contributed by atoms with Crippen molar-refractivity contribution in [2.75, 3.05) is 0 Å². The van der Waals surface area contributed by atoms with Crippen molar-refractivity contribution in [3.63, 3.8) is 0 Å². The van der Waals surface area contributed by atoms with Crippen LogP contribution in [0.1, 0.15) is 16.2 Å². The molecule has 3 rings (SSSR count). The van der Waals surface area contributed by atoms with Crippen LogP contribution >= 0.6 is 11.3 Å². The van der Waals surface area contributed by atoms with Crippen LogP contribution in [0.2, 0.25) is 0 Å². The molecule has 0 bridgehead atoms.